The van der Waals surface area contributed by atoms with Crippen LogP contribution in [0.4, 0.5) is 0 Å². The molecule has 2 aliphatic rings. The minimum absolute atomic E-state index is 0. The van der Waals surface area contributed by atoms with Crippen LogP contribution in [-0.4, -0.2) is 16.1 Å². The molecule has 0 saturated heterocycles. The van der Waals surface area contributed by atoms with Crippen LogP contribution in [0, 0.1) is 6.92 Å². The Morgan fingerprint density at radius 3 is 1.72 bits per heavy atom. The van der Waals surface area contributed by atoms with Gasteiger partial charge in [0.05, 0.1) is 0 Å². The second kappa shape index (κ2) is 11.6. The molecule has 0 aromatic heterocycles. The minimum atomic E-state index is -1.86. The average Bonchev–Trinajstić information content (AvgIpc) is 2.83. The molecule has 1 aromatic carbocycles. The third-order valence-corrected chi connectivity index (χ3v) is 18.9. The molecule has 0 radical (unpaired) electrons. The van der Waals surface area contributed by atoms with Crippen molar-refractivity contribution in [2.45, 2.75) is 103 Å². The van der Waals surface area contributed by atoms with Gasteiger partial charge in [-0.15, -0.1) is 0 Å². The predicted molar refractivity (Wildman–Crippen MR) is 132 cm³/mol. The molecule has 1 aromatic rings. The first-order valence-corrected chi connectivity index (χ1v) is 18.4. The van der Waals surface area contributed by atoms with E-state index in [9.17, 15) is 0 Å². The average molecular weight is 564 g/mol. The van der Waals surface area contributed by atoms with Crippen LogP contribution in [0.25, 0.3) is 0 Å². The van der Waals surface area contributed by atoms with Gasteiger partial charge < -0.3 is 37.2 Å². The van der Waals surface area contributed by atoms with E-state index >= 15 is 0 Å². The molecule has 2 aliphatic carbocycles. The second-order valence-corrected chi connectivity index (χ2v) is 21.9. The molecule has 1 saturated carbocycles. The fraction of sp³-hybridized carbons (Fsp3) is 0.615. The summed E-state index contributed by atoms with van der Waals surface area (Å²) in [5, 5.41) is 3.64. The van der Waals surface area contributed by atoms with E-state index in [-0.39, 0.29) is 42.3 Å². The molecule has 0 heterocycles. The molecule has 1 fully saturated rings. The maximum Gasteiger partial charge on any atom is -1.00 e. The van der Waals surface area contributed by atoms with Crippen molar-refractivity contribution in [3.8, 4) is 0 Å². The van der Waals surface area contributed by atoms with E-state index in [1.165, 1.54) is 37.7 Å². The molecule has 2 unspecified atom stereocenters. The smallest absolute Gasteiger partial charge is 1.00 e. The van der Waals surface area contributed by atoms with Gasteiger partial charge in [-0.25, -0.2) is 0 Å². The van der Waals surface area contributed by atoms with Crippen LogP contribution in [-0.2, 0) is 20.4 Å². The number of allylic oxidation sites excluding steroid dienone is 4. The summed E-state index contributed by atoms with van der Waals surface area (Å²) in [4.78, 5) is 0. The van der Waals surface area contributed by atoms with Crippen molar-refractivity contribution in [3.05, 3.63) is 44.4 Å². The maximum absolute atomic E-state index is 2.77. The van der Waals surface area contributed by atoms with Crippen molar-refractivity contribution in [1.29, 1.82) is 0 Å². The molecule has 0 spiro atoms. The van der Waals surface area contributed by atoms with Gasteiger partial charge in [0.15, 0.2) is 0 Å². The van der Waals surface area contributed by atoms with E-state index in [4.69, 9.17) is 0 Å². The van der Waals surface area contributed by atoms with Gasteiger partial charge in [-0.05, 0) is 0 Å². The van der Waals surface area contributed by atoms with E-state index in [0.29, 0.717) is 0 Å². The molecule has 6 heteroatoms. The van der Waals surface area contributed by atoms with Crippen molar-refractivity contribution < 1.29 is 57.7 Å². The van der Waals surface area contributed by atoms with Crippen molar-refractivity contribution in [2.75, 3.05) is 0 Å². The first-order chi connectivity index (χ1) is 13.3. The number of aryl methyl sites for hydroxylation is 1. The molecule has 0 nitrogen and oxygen atoms in total. The first kappa shape index (κ1) is 32.7. The Hall–Kier alpha value is 0.718. The zero-order valence-electron chi connectivity index (χ0n) is 21.5. The van der Waals surface area contributed by atoms with Crippen LogP contribution < -0.4 is 47.6 Å². The molecule has 32 heavy (non-hydrogen) atoms. The van der Waals surface area contributed by atoms with Crippen LogP contribution in [0.2, 0.25) is 36.8 Å². The number of hydrogen-bond donors (Lipinski definition) is 0. The largest absolute Gasteiger partial charge is 1.00 e. The zero-order chi connectivity index (χ0) is 21.8. The van der Waals surface area contributed by atoms with Crippen molar-refractivity contribution >= 4 is 26.5 Å². The van der Waals surface area contributed by atoms with Crippen LogP contribution >= 0.6 is 0 Å². The SMILES string of the molecule is CC1=C(C)C(C)([Si](C)(c2cc(C)cc([Si](C)(C)C)c2)C2CCCCC2)[C]([Ti+3])=C1C.[Cl-].[Cl-].[Cl-]. The van der Waals surface area contributed by atoms with E-state index in [2.05, 4.69) is 99.4 Å². The van der Waals surface area contributed by atoms with E-state index in [1.807, 2.05) is 0 Å². The van der Waals surface area contributed by atoms with Gasteiger partial charge in [0.1, 0.15) is 0 Å². The number of rotatable bonds is 4. The number of benzene rings is 1. The minimum Gasteiger partial charge on any atom is -1.00 e. The van der Waals surface area contributed by atoms with E-state index in [0.717, 1.165) is 5.54 Å². The standard InChI is InChI=1S/C26H41Si2.3ClH.Ti/c1-19-15-24(27(6,7)8)17-25(16-19)28(9,23-13-11-10-12-14-23)26(5)18-20(2)21(3)22(26)4;;;;/h15-17,23H,10-14H2,1-9H3;3*1H;/q;;;;+3/p-3. The molecular formula is C26H41Cl3Si2Ti. The van der Waals surface area contributed by atoms with E-state index < -0.39 is 16.1 Å². The molecule has 178 valence electrons. The normalized spacial score (nSPS) is 23.8. The van der Waals surface area contributed by atoms with Gasteiger partial charge >= 0.3 is 195 Å². The summed E-state index contributed by atoms with van der Waals surface area (Å²) >= 11 is 2.46. The molecule has 0 bridgehead atoms. The van der Waals surface area contributed by atoms with Crippen molar-refractivity contribution in [1.82, 2.24) is 0 Å². The molecule has 2 atom stereocenters. The Morgan fingerprint density at radius 2 is 1.28 bits per heavy atom. The van der Waals surface area contributed by atoms with Crippen molar-refractivity contribution in [2.24, 2.45) is 0 Å². The first-order valence-electron chi connectivity index (χ1n) is 11.6. The Balaban J connectivity index is 0.00000320. The summed E-state index contributed by atoms with van der Waals surface area (Å²) in [6.45, 7) is 22.5. The van der Waals surface area contributed by atoms with Gasteiger partial charge in [-0.3, -0.25) is 0 Å². The summed E-state index contributed by atoms with van der Waals surface area (Å²) in [5.74, 6) is 0. The molecule has 0 aliphatic heterocycles. The van der Waals surface area contributed by atoms with Gasteiger partial charge in [-0.1, -0.05) is 0 Å². The summed E-state index contributed by atoms with van der Waals surface area (Å²) in [6, 6.07) is 7.78. The molecule has 0 N–H and O–H groups in total. The summed E-state index contributed by atoms with van der Waals surface area (Å²) < 4.78 is 1.67. The fourth-order valence-corrected chi connectivity index (χ4v) is 15.5. The van der Waals surface area contributed by atoms with Gasteiger partial charge in [0, 0.05) is 0 Å². The Bertz CT molecular complexity index is 856. The summed E-state index contributed by atoms with van der Waals surface area (Å²) in [5.41, 5.74) is 7.17. The molecular weight excluding hydrogens is 523 g/mol. The Labute approximate surface area is 230 Å². The van der Waals surface area contributed by atoms with Crippen LogP contribution in [0.1, 0.15) is 65.4 Å². The van der Waals surface area contributed by atoms with Crippen molar-refractivity contribution in [3.63, 3.8) is 0 Å². The van der Waals surface area contributed by atoms with Crippen LogP contribution in [0.3, 0.4) is 0 Å². The Morgan fingerprint density at radius 1 is 0.781 bits per heavy atom. The van der Waals surface area contributed by atoms with Crippen LogP contribution in [0.5, 0.6) is 0 Å². The molecule has 3 rings (SSSR count). The van der Waals surface area contributed by atoms with E-state index in [1.54, 1.807) is 31.0 Å². The third kappa shape index (κ3) is 5.27. The van der Waals surface area contributed by atoms with Gasteiger partial charge in [0.2, 0.25) is 0 Å². The number of hydrogen-bond acceptors (Lipinski definition) is 0. The van der Waals surface area contributed by atoms with Crippen LogP contribution in [0.15, 0.2) is 38.8 Å². The Kier molecular flexibility index (Phi) is 11.9. The summed E-state index contributed by atoms with van der Waals surface area (Å²) in [7, 11) is -3.21. The monoisotopic (exact) mass is 562 g/mol. The van der Waals surface area contributed by atoms with Gasteiger partial charge in [-0.2, -0.15) is 0 Å². The molecule has 0 amide bonds. The fourth-order valence-electron chi connectivity index (χ4n) is 6.18. The second-order valence-electron chi connectivity index (χ2n) is 11.2. The predicted octanol–water partition coefficient (Wildman–Crippen LogP) is -1.90. The maximum atomic E-state index is 2.77. The third-order valence-electron chi connectivity index (χ3n) is 8.75. The quantitative estimate of drug-likeness (QED) is 0.376. The number of halogens is 3. The zero-order valence-corrected chi connectivity index (χ0v) is 27.3. The summed E-state index contributed by atoms with van der Waals surface area (Å²) in [6.07, 6.45) is 7.17. The van der Waals surface area contributed by atoms with Gasteiger partial charge in [0.25, 0.3) is 0 Å². The topological polar surface area (TPSA) is 0 Å².